The summed E-state index contributed by atoms with van der Waals surface area (Å²) < 4.78 is 66.9. The summed E-state index contributed by atoms with van der Waals surface area (Å²) in [5, 5.41) is 0. The van der Waals surface area contributed by atoms with Gasteiger partial charge in [0.1, 0.15) is 0 Å². The Labute approximate surface area is 81.7 Å². The summed E-state index contributed by atoms with van der Waals surface area (Å²) in [7, 11) is -10.1. The molecule has 0 bridgehead atoms. The molecular weight excluding hydrogens is 272 g/mol. The van der Waals surface area contributed by atoms with Gasteiger partial charge in [-0.2, -0.15) is 0 Å². The SMILES string of the molecule is O=S(=O)([O-])O.O=S(=O)([O-])[O-].[NH4+].[Zn+2]. The van der Waals surface area contributed by atoms with Crippen LogP contribution in [0.15, 0.2) is 0 Å². The predicted molar refractivity (Wildman–Crippen MR) is 28.8 cm³/mol. The van der Waals surface area contributed by atoms with Crippen LogP contribution in [0.1, 0.15) is 0 Å². The molecule has 0 unspecified atom stereocenters. The van der Waals surface area contributed by atoms with E-state index in [-0.39, 0.29) is 25.6 Å². The molecular formula is H5NO8S2Zn. The van der Waals surface area contributed by atoms with E-state index in [1.54, 1.807) is 0 Å². The third kappa shape index (κ3) is 8580. The Hall–Kier alpha value is 0.323. The quantitative estimate of drug-likeness (QED) is 0.289. The van der Waals surface area contributed by atoms with Gasteiger partial charge in [-0.3, -0.25) is 13.0 Å². The molecule has 12 heteroatoms. The van der Waals surface area contributed by atoms with Gasteiger partial charge in [-0.25, -0.2) is 8.42 Å². The van der Waals surface area contributed by atoms with Crippen molar-refractivity contribution in [2.75, 3.05) is 0 Å². The van der Waals surface area contributed by atoms with E-state index in [0.717, 1.165) is 0 Å². The van der Waals surface area contributed by atoms with Crippen LogP contribution in [0.3, 0.4) is 0 Å². The third-order valence-electron chi connectivity index (χ3n) is 0. The zero-order chi connectivity index (χ0) is 9.00. The second-order valence-corrected chi connectivity index (χ2v) is 2.51. The van der Waals surface area contributed by atoms with Crippen molar-refractivity contribution in [3.63, 3.8) is 0 Å². The maximum Gasteiger partial charge on any atom is 2.00 e. The normalized spacial score (nSPS) is 9.67. The largest absolute Gasteiger partial charge is 2.00 e. The molecule has 12 heavy (non-hydrogen) atoms. The summed E-state index contributed by atoms with van der Waals surface area (Å²) in [6.07, 6.45) is 0. The van der Waals surface area contributed by atoms with Crippen molar-refractivity contribution in [2.45, 2.75) is 0 Å². The van der Waals surface area contributed by atoms with E-state index in [9.17, 15) is 0 Å². The number of hydrogen-bond acceptors (Lipinski definition) is 7. The van der Waals surface area contributed by atoms with Crippen LogP contribution in [0.25, 0.3) is 0 Å². The molecule has 0 radical (unpaired) electrons. The smallest absolute Gasteiger partial charge is 0.759 e. The fourth-order valence-electron chi connectivity index (χ4n) is 0. The second kappa shape index (κ2) is 7.95. The fraction of sp³-hybridized carbons (Fsp3) is 0. The number of quaternary nitrogens is 1. The van der Waals surface area contributed by atoms with Gasteiger partial charge in [0.05, 0.1) is 0 Å². The van der Waals surface area contributed by atoms with Crippen LogP contribution in [0.2, 0.25) is 0 Å². The van der Waals surface area contributed by atoms with Gasteiger partial charge in [0.25, 0.3) is 0 Å². The summed E-state index contributed by atoms with van der Waals surface area (Å²) >= 11 is 0. The van der Waals surface area contributed by atoms with Crippen LogP contribution in [-0.4, -0.2) is 35.0 Å². The molecule has 0 saturated carbocycles. The summed E-state index contributed by atoms with van der Waals surface area (Å²) in [5.74, 6) is 0. The fourth-order valence-corrected chi connectivity index (χ4v) is 0. The zero-order valence-electron chi connectivity index (χ0n) is 5.83. The van der Waals surface area contributed by atoms with Crippen molar-refractivity contribution in [2.24, 2.45) is 0 Å². The maximum absolute atomic E-state index is 8.63. The first kappa shape index (κ1) is 22.8. The first-order valence-electron chi connectivity index (χ1n) is 1.35. The van der Waals surface area contributed by atoms with Gasteiger partial charge in [0.2, 0.25) is 10.4 Å². The minimum atomic E-state index is -5.17. The van der Waals surface area contributed by atoms with Gasteiger partial charge in [0.15, 0.2) is 0 Å². The molecule has 0 saturated heterocycles. The van der Waals surface area contributed by atoms with Gasteiger partial charge in [-0.15, -0.1) is 0 Å². The molecule has 9 nitrogen and oxygen atoms in total. The zero-order valence-corrected chi connectivity index (χ0v) is 10.4. The van der Waals surface area contributed by atoms with E-state index in [0.29, 0.717) is 0 Å². The Morgan fingerprint density at radius 3 is 0.917 bits per heavy atom. The van der Waals surface area contributed by atoms with Gasteiger partial charge in [-0.1, -0.05) is 0 Å². The Kier molecular flexibility index (Phi) is 15.1. The van der Waals surface area contributed by atoms with E-state index in [2.05, 4.69) is 0 Å². The molecule has 0 spiro atoms. The summed E-state index contributed by atoms with van der Waals surface area (Å²) in [6.45, 7) is 0. The molecule has 0 aliphatic rings. The molecule has 0 aliphatic heterocycles. The van der Waals surface area contributed by atoms with Crippen molar-refractivity contribution in [3.05, 3.63) is 0 Å². The molecule has 0 rings (SSSR count). The standard InChI is InChI=1S/H3N.2H2O4S.Zn/c;2*1-5(2,3)4;/h1H3;2*(H2,1,2,3,4);/q;;;+2/p-2. The number of rotatable bonds is 0. The van der Waals surface area contributed by atoms with Gasteiger partial charge < -0.3 is 19.8 Å². The van der Waals surface area contributed by atoms with Crippen LogP contribution in [-0.2, 0) is 40.3 Å². The van der Waals surface area contributed by atoms with Crippen LogP contribution >= 0.6 is 0 Å². The summed E-state index contributed by atoms with van der Waals surface area (Å²) in [5.41, 5.74) is 0. The molecule has 0 aromatic carbocycles. The third-order valence-corrected chi connectivity index (χ3v) is 0. The topological polar surface area (TPSA) is 194 Å². The average molecular weight is 277 g/mol. The molecule has 0 amide bonds. The van der Waals surface area contributed by atoms with Crippen molar-refractivity contribution in [3.8, 4) is 0 Å². The van der Waals surface area contributed by atoms with Gasteiger partial charge >= 0.3 is 19.5 Å². The Balaban J connectivity index is -0.0000000457. The molecule has 0 fully saturated rings. The van der Waals surface area contributed by atoms with Gasteiger partial charge in [0, 0.05) is 10.4 Å². The Morgan fingerprint density at radius 2 is 0.917 bits per heavy atom. The predicted octanol–water partition coefficient (Wildman–Crippen LogP) is -1.96. The van der Waals surface area contributed by atoms with Crippen molar-refractivity contribution in [1.29, 1.82) is 0 Å². The van der Waals surface area contributed by atoms with Crippen LogP contribution < -0.4 is 6.15 Å². The van der Waals surface area contributed by atoms with E-state index in [1.807, 2.05) is 0 Å². The Bertz CT molecular complexity index is 213. The maximum atomic E-state index is 8.63. The van der Waals surface area contributed by atoms with Crippen LogP contribution in [0, 0.1) is 0 Å². The molecule has 5 N–H and O–H groups in total. The van der Waals surface area contributed by atoms with Crippen molar-refractivity contribution in [1.82, 2.24) is 6.15 Å². The first-order chi connectivity index (χ1) is 4.00. The second-order valence-electron chi connectivity index (χ2n) is 0.836. The average Bonchev–Trinajstić information content (AvgIpc) is 1.12. The van der Waals surface area contributed by atoms with Crippen molar-refractivity contribution >= 4 is 20.8 Å². The summed E-state index contributed by atoms with van der Waals surface area (Å²) in [4.78, 5) is 0. The van der Waals surface area contributed by atoms with E-state index < -0.39 is 20.8 Å². The minimum absolute atomic E-state index is 0. The van der Waals surface area contributed by atoms with E-state index >= 15 is 0 Å². The van der Waals surface area contributed by atoms with E-state index in [1.165, 1.54) is 0 Å². The first-order valence-corrected chi connectivity index (χ1v) is 4.05. The molecule has 72 valence electrons. The van der Waals surface area contributed by atoms with Gasteiger partial charge in [-0.05, 0) is 0 Å². The Morgan fingerprint density at radius 1 is 0.917 bits per heavy atom. The number of hydrogen-bond donors (Lipinski definition) is 2. The molecule has 0 aliphatic carbocycles. The molecule has 0 atom stereocenters. The monoisotopic (exact) mass is 275 g/mol. The molecule has 0 aromatic rings. The minimum Gasteiger partial charge on any atom is -0.759 e. The van der Waals surface area contributed by atoms with Crippen LogP contribution in [0.4, 0.5) is 0 Å². The molecule has 0 heterocycles. The summed E-state index contributed by atoms with van der Waals surface area (Å²) in [6, 6.07) is 0. The van der Waals surface area contributed by atoms with Crippen molar-refractivity contribution < 1.29 is 54.5 Å². The molecule has 0 aromatic heterocycles. The van der Waals surface area contributed by atoms with E-state index in [4.69, 9.17) is 35.0 Å². The van der Waals surface area contributed by atoms with Crippen LogP contribution in [0.5, 0.6) is 0 Å².